The summed E-state index contributed by atoms with van der Waals surface area (Å²) in [6, 6.07) is 10.7. The lowest BCUT2D eigenvalue weighted by molar-refractivity contribution is -0.130. The van der Waals surface area contributed by atoms with Crippen molar-refractivity contribution in [2.45, 2.75) is 12.8 Å². The molecular weight excluding hydrogens is 308 g/mol. The van der Waals surface area contributed by atoms with Crippen LogP contribution < -0.4 is 4.90 Å². The SMILES string of the molecule is O=C1OC(c2ccc(N3CCCC3=O)cc2)=N/C1=C/c1ccco1. The van der Waals surface area contributed by atoms with Gasteiger partial charge in [0.15, 0.2) is 5.70 Å². The molecule has 3 heterocycles. The number of amides is 1. The van der Waals surface area contributed by atoms with Crippen LogP contribution >= 0.6 is 0 Å². The largest absolute Gasteiger partial charge is 0.465 e. The monoisotopic (exact) mass is 322 g/mol. The van der Waals surface area contributed by atoms with Crippen LogP contribution in [0.3, 0.4) is 0 Å². The number of aliphatic imine (C=N–C) groups is 1. The van der Waals surface area contributed by atoms with Gasteiger partial charge >= 0.3 is 5.97 Å². The van der Waals surface area contributed by atoms with Crippen LogP contribution in [0, 0.1) is 0 Å². The first-order valence-electron chi connectivity index (χ1n) is 7.67. The Kier molecular flexibility index (Phi) is 3.49. The third-order valence-corrected chi connectivity index (χ3v) is 3.94. The van der Waals surface area contributed by atoms with E-state index in [1.165, 1.54) is 12.3 Å². The molecule has 1 aromatic heterocycles. The smallest absolute Gasteiger partial charge is 0.363 e. The Morgan fingerprint density at radius 1 is 1.12 bits per heavy atom. The number of furan rings is 1. The highest BCUT2D eigenvalue weighted by atomic mass is 16.6. The molecule has 0 unspecified atom stereocenters. The fraction of sp³-hybridized carbons (Fsp3) is 0.167. The number of hydrogen-bond acceptors (Lipinski definition) is 5. The van der Waals surface area contributed by atoms with Gasteiger partial charge in [-0.1, -0.05) is 0 Å². The van der Waals surface area contributed by atoms with Gasteiger partial charge in [0.05, 0.1) is 6.26 Å². The number of ether oxygens (including phenoxy) is 1. The topological polar surface area (TPSA) is 72.1 Å². The van der Waals surface area contributed by atoms with Crippen LogP contribution in [-0.4, -0.2) is 24.3 Å². The van der Waals surface area contributed by atoms with E-state index in [-0.39, 0.29) is 17.5 Å². The van der Waals surface area contributed by atoms with Crippen LogP contribution in [0.1, 0.15) is 24.2 Å². The van der Waals surface area contributed by atoms with Crippen LogP contribution in [0.15, 0.2) is 57.8 Å². The maximum Gasteiger partial charge on any atom is 0.363 e. The summed E-state index contributed by atoms with van der Waals surface area (Å²) in [5.41, 5.74) is 1.72. The van der Waals surface area contributed by atoms with Crippen LogP contribution in [0.4, 0.5) is 5.69 Å². The van der Waals surface area contributed by atoms with Crippen molar-refractivity contribution in [3.63, 3.8) is 0 Å². The number of esters is 1. The fourth-order valence-electron chi connectivity index (χ4n) is 2.75. The summed E-state index contributed by atoms with van der Waals surface area (Å²) in [7, 11) is 0. The average Bonchev–Trinajstić information content (AvgIpc) is 3.31. The van der Waals surface area contributed by atoms with Crippen LogP contribution in [0.25, 0.3) is 6.08 Å². The van der Waals surface area contributed by atoms with Crippen LogP contribution in [0.2, 0.25) is 0 Å². The van der Waals surface area contributed by atoms with Gasteiger partial charge in [0, 0.05) is 30.3 Å². The molecule has 120 valence electrons. The molecule has 0 saturated carbocycles. The summed E-state index contributed by atoms with van der Waals surface area (Å²) in [6.45, 7) is 0.740. The van der Waals surface area contributed by atoms with Gasteiger partial charge < -0.3 is 14.1 Å². The molecule has 0 N–H and O–H groups in total. The summed E-state index contributed by atoms with van der Waals surface area (Å²) in [6.07, 6.45) is 4.53. The second-order valence-electron chi connectivity index (χ2n) is 5.55. The number of rotatable bonds is 3. The van der Waals surface area contributed by atoms with E-state index in [1.807, 2.05) is 12.1 Å². The molecule has 1 fully saturated rings. The van der Waals surface area contributed by atoms with Crippen molar-refractivity contribution in [1.82, 2.24) is 0 Å². The lowest BCUT2D eigenvalue weighted by Gasteiger charge is -2.15. The first-order chi connectivity index (χ1) is 11.7. The molecule has 0 bridgehead atoms. The van der Waals surface area contributed by atoms with E-state index in [2.05, 4.69) is 4.99 Å². The van der Waals surface area contributed by atoms with Gasteiger partial charge in [-0.2, -0.15) is 0 Å². The number of hydrogen-bond donors (Lipinski definition) is 0. The summed E-state index contributed by atoms with van der Waals surface area (Å²) < 4.78 is 10.4. The van der Waals surface area contributed by atoms with Gasteiger partial charge in [0.25, 0.3) is 0 Å². The number of cyclic esters (lactones) is 1. The maximum absolute atomic E-state index is 11.9. The Morgan fingerprint density at radius 3 is 2.62 bits per heavy atom. The molecule has 2 aliphatic heterocycles. The number of benzene rings is 1. The molecule has 0 radical (unpaired) electrons. The highest BCUT2D eigenvalue weighted by Gasteiger charge is 2.25. The lowest BCUT2D eigenvalue weighted by atomic mass is 10.2. The van der Waals surface area contributed by atoms with Crippen molar-refractivity contribution in [3.05, 3.63) is 59.7 Å². The average molecular weight is 322 g/mol. The number of carbonyl (C=O) groups is 2. The summed E-state index contributed by atoms with van der Waals surface area (Å²) in [5, 5.41) is 0. The summed E-state index contributed by atoms with van der Waals surface area (Å²) in [4.78, 5) is 29.7. The Morgan fingerprint density at radius 2 is 1.96 bits per heavy atom. The van der Waals surface area contributed by atoms with E-state index in [1.54, 1.807) is 29.2 Å². The summed E-state index contributed by atoms with van der Waals surface area (Å²) >= 11 is 0. The Hall–Kier alpha value is -3.15. The van der Waals surface area contributed by atoms with E-state index in [0.29, 0.717) is 17.7 Å². The predicted molar refractivity (Wildman–Crippen MR) is 87.3 cm³/mol. The molecule has 0 atom stereocenters. The minimum Gasteiger partial charge on any atom is -0.465 e. The highest BCUT2D eigenvalue weighted by molar-refractivity contribution is 6.12. The molecule has 1 aromatic carbocycles. The predicted octanol–water partition coefficient (Wildman–Crippen LogP) is 2.75. The maximum atomic E-state index is 11.9. The second-order valence-corrected chi connectivity index (χ2v) is 5.55. The highest BCUT2D eigenvalue weighted by Crippen LogP contribution is 2.24. The number of anilines is 1. The van der Waals surface area contributed by atoms with Gasteiger partial charge in [-0.25, -0.2) is 9.79 Å². The first-order valence-corrected chi connectivity index (χ1v) is 7.67. The Labute approximate surface area is 138 Å². The zero-order valence-electron chi connectivity index (χ0n) is 12.8. The molecule has 2 aromatic rings. The molecule has 1 amide bonds. The van der Waals surface area contributed by atoms with E-state index < -0.39 is 5.97 Å². The van der Waals surface area contributed by atoms with Gasteiger partial charge in [0.2, 0.25) is 11.8 Å². The standard InChI is InChI=1S/C18H14N2O4/c21-16-4-1-9-20(16)13-7-5-12(6-8-13)17-19-15(18(22)24-17)11-14-3-2-10-23-14/h2-3,5-8,10-11H,1,4,9H2/b15-11+. The summed E-state index contributed by atoms with van der Waals surface area (Å²) in [5.74, 6) is 0.406. The van der Waals surface area contributed by atoms with Crippen molar-refractivity contribution in [2.24, 2.45) is 4.99 Å². The van der Waals surface area contributed by atoms with Gasteiger partial charge in [-0.15, -0.1) is 0 Å². The number of carbonyl (C=O) groups excluding carboxylic acids is 2. The Balaban J connectivity index is 1.58. The molecule has 4 rings (SSSR count). The van der Waals surface area contributed by atoms with Crippen LogP contribution in [-0.2, 0) is 14.3 Å². The lowest BCUT2D eigenvalue weighted by Crippen LogP contribution is -2.23. The van der Waals surface area contributed by atoms with Crippen molar-refractivity contribution >= 4 is 29.5 Å². The Bertz CT molecular complexity index is 848. The number of nitrogens with zero attached hydrogens (tertiary/aromatic N) is 2. The third kappa shape index (κ3) is 2.62. The molecule has 24 heavy (non-hydrogen) atoms. The van der Waals surface area contributed by atoms with Crippen molar-refractivity contribution in [1.29, 1.82) is 0 Å². The normalized spacial score (nSPS) is 19.1. The molecule has 1 saturated heterocycles. The van der Waals surface area contributed by atoms with Gasteiger partial charge in [-0.3, -0.25) is 4.79 Å². The van der Waals surface area contributed by atoms with Crippen molar-refractivity contribution in [3.8, 4) is 0 Å². The van der Waals surface area contributed by atoms with Crippen molar-refractivity contribution in [2.75, 3.05) is 11.4 Å². The minimum absolute atomic E-state index is 0.135. The molecule has 2 aliphatic rings. The van der Waals surface area contributed by atoms with Crippen molar-refractivity contribution < 1.29 is 18.7 Å². The van der Waals surface area contributed by atoms with E-state index in [4.69, 9.17) is 9.15 Å². The molecule has 6 heteroatoms. The second kappa shape index (κ2) is 5.81. The van der Waals surface area contributed by atoms with E-state index in [9.17, 15) is 9.59 Å². The third-order valence-electron chi connectivity index (χ3n) is 3.94. The molecule has 6 nitrogen and oxygen atoms in total. The quantitative estimate of drug-likeness (QED) is 0.643. The zero-order chi connectivity index (χ0) is 16.5. The first kappa shape index (κ1) is 14.4. The van der Waals surface area contributed by atoms with Gasteiger partial charge in [0.1, 0.15) is 5.76 Å². The molecule has 0 spiro atoms. The van der Waals surface area contributed by atoms with Gasteiger partial charge in [-0.05, 0) is 42.8 Å². The molecular formula is C18H14N2O4. The zero-order valence-corrected chi connectivity index (χ0v) is 12.8. The molecule has 0 aliphatic carbocycles. The van der Waals surface area contributed by atoms with Crippen LogP contribution in [0.5, 0.6) is 0 Å². The van der Waals surface area contributed by atoms with E-state index >= 15 is 0 Å². The fourth-order valence-corrected chi connectivity index (χ4v) is 2.75. The van der Waals surface area contributed by atoms with E-state index in [0.717, 1.165) is 18.7 Å². The minimum atomic E-state index is -0.514.